The summed E-state index contributed by atoms with van der Waals surface area (Å²) >= 11 is 0. The van der Waals surface area contributed by atoms with Crippen molar-refractivity contribution in [2.24, 2.45) is 0 Å². The molecule has 2 N–H and O–H groups in total. The van der Waals surface area contributed by atoms with Crippen LogP contribution < -0.4 is 24.4 Å². The number of nitrogens with zero attached hydrogens (tertiary/aromatic N) is 1. The number of carbonyl (C=O) groups is 2. The van der Waals surface area contributed by atoms with Gasteiger partial charge in [0.05, 0.1) is 36.1 Å². The van der Waals surface area contributed by atoms with Gasteiger partial charge in [-0.25, -0.2) is 8.42 Å². The van der Waals surface area contributed by atoms with Crippen LogP contribution in [0.3, 0.4) is 0 Å². The standard InChI is InChI=1S/C27H31N3O6S/c1-5-16-28-27(32)22-8-6-7-9-23(22)29-26(31)18-30(24-15-12-20(35-3)17-25(24)36-4)37(33,34)21-13-10-19(2)11-14-21/h6-15,17H,5,16,18H2,1-4H3,(H,28,32)(H,29,31). The number of aryl methyl sites for hydroxylation is 1. The Morgan fingerprint density at radius 2 is 1.65 bits per heavy atom. The van der Waals surface area contributed by atoms with Gasteiger partial charge in [-0.3, -0.25) is 13.9 Å². The predicted molar refractivity (Wildman–Crippen MR) is 143 cm³/mol. The molecule has 9 nitrogen and oxygen atoms in total. The van der Waals surface area contributed by atoms with Gasteiger partial charge in [-0.2, -0.15) is 0 Å². The SMILES string of the molecule is CCCNC(=O)c1ccccc1NC(=O)CN(c1ccc(OC)cc1OC)S(=O)(=O)c1ccc(C)cc1. The molecular formula is C27H31N3O6S. The van der Waals surface area contributed by atoms with Crippen LogP contribution >= 0.6 is 0 Å². The van der Waals surface area contributed by atoms with E-state index >= 15 is 0 Å². The first-order chi connectivity index (χ1) is 17.7. The van der Waals surface area contributed by atoms with Gasteiger partial charge < -0.3 is 20.1 Å². The van der Waals surface area contributed by atoms with Crippen molar-refractivity contribution in [3.8, 4) is 11.5 Å². The van der Waals surface area contributed by atoms with Crippen LogP contribution in [0.5, 0.6) is 11.5 Å². The van der Waals surface area contributed by atoms with Crippen LogP contribution in [0.15, 0.2) is 71.6 Å². The molecule has 0 aromatic heterocycles. The van der Waals surface area contributed by atoms with Crippen LogP contribution in [-0.2, 0) is 14.8 Å². The second kappa shape index (κ2) is 12.3. The third-order valence-corrected chi connectivity index (χ3v) is 7.31. The van der Waals surface area contributed by atoms with E-state index in [0.29, 0.717) is 12.3 Å². The average molecular weight is 526 g/mol. The highest BCUT2D eigenvalue weighted by atomic mass is 32.2. The van der Waals surface area contributed by atoms with Crippen LogP contribution in [-0.4, -0.2) is 47.5 Å². The first kappa shape index (κ1) is 27.5. The van der Waals surface area contributed by atoms with E-state index in [9.17, 15) is 18.0 Å². The van der Waals surface area contributed by atoms with Crippen LogP contribution in [0.25, 0.3) is 0 Å². The number of anilines is 2. The fraction of sp³-hybridized carbons (Fsp3) is 0.259. The van der Waals surface area contributed by atoms with Crippen molar-refractivity contribution in [1.82, 2.24) is 5.32 Å². The molecule has 0 fully saturated rings. The van der Waals surface area contributed by atoms with Gasteiger partial charge >= 0.3 is 0 Å². The molecule has 37 heavy (non-hydrogen) atoms. The van der Waals surface area contributed by atoms with E-state index in [1.807, 2.05) is 13.8 Å². The monoisotopic (exact) mass is 525 g/mol. The molecule has 0 heterocycles. The molecule has 0 aliphatic carbocycles. The maximum Gasteiger partial charge on any atom is 0.264 e. The zero-order valence-electron chi connectivity index (χ0n) is 21.3. The molecule has 0 unspecified atom stereocenters. The second-order valence-corrected chi connectivity index (χ2v) is 10.1. The maximum atomic E-state index is 13.7. The summed E-state index contributed by atoms with van der Waals surface area (Å²) < 4.78 is 39.1. The molecule has 3 aromatic carbocycles. The molecule has 3 rings (SSSR count). The Morgan fingerprint density at radius 1 is 0.946 bits per heavy atom. The summed E-state index contributed by atoms with van der Waals surface area (Å²) in [6.45, 7) is 3.71. The van der Waals surface area contributed by atoms with Gasteiger partial charge in [-0.05, 0) is 49.7 Å². The summed E-state index contributed by atoms with van der Waals surface area (Å²) in [5, 5.41) is 5.47. The minimum absolute atomic E-state index is 0.0168. The molecule has 3 aromatic rings. The normalized spacial score (nSPS) is 10.9. The Morgan fingerprint density at radius 3 is 2.30 bits per heavy atom. The average Bonchev–Trinajstić information content (AvgIpc) is 2.90. The fourth-order valence-electron chi connectivity index (χ4n) is 3.57. The third-order valence-electron chi connectivity index (χ3n) is 5.53. The Hall–Kier alpha value is -4.05. The van der Waals surface area contributed by atoms with Crippen LogP contribution in [0.4, 0.5) is 11.4 Å². The van der Waals surface area contributed by atoms with E-state index in [0.717, 1.165) is 16.3 Å². The number of para-hydroxylation sites is 1. The van der Waals surface area contributed by atoms with Gasteiger partial charge in [0.15, 0.2) is 0 Å². The van der Waals surface area contributed by atoms with Gasteiger partial charge in [-0.1, -0.05) is 36.8 Å². The molecule has 0 bridgehead atoms. The van der Waals surface area contributed by atoms with Crippen LogP contribution in [0, 0.1) is 6.92 Å². The molecule has 0 atom stereocenters. The Labute approximate surface area is 217 Å². The molecule has 0 aliphatic rings. The largest absolute Gasteiger partial charge is 0.497 e. The lowest BCUT2D eigenvalue weighted by atomic mass is 10.1. The quantitative estimate of drug-likeness (QED) is 0.391. The molecular weight excluding hydrogens is 494 g/mol. The van der Waals surface area contributed by atoms with E-state index < -0.39 is 22.5 Å². The lowest BCUT2D eigenvalue weighted by Crippen LogP contribution is -2.38. The number of amides is 2. The number of hydrogen-bond donors (Lipinski definition) is 2. The number of rotatable bonds is 11. The molecule has 0 spiro atoms. The summed E-state index contributed by atoms with van der Waals surface area (Å²) in [6.07, 6.45) is 0.760. The summed E-state index contributed by atoms with van der Waals surface area (Å²) in [5.74, 6) is -0.296. The molecule has 0 aliphatic heterocycles. The minimum Gasteiger partial charge on any atom is -0.497 e. The molecule has 10 heteroatoms. The predicted octanol–water partition coefficient (Wildman–Crippen LogP) is 3.99. The van der Waals surface area contributed by atoms with Gasteiger partial charge in [-0.15, -0.1) is 0 Å². The van der Waals surface area contributed by atoms with Gasteiger partial charge in [0.2, 0.25) is 5.91 Å². The van der Waals surface area contributed by atoms with E-state index in [4.69, 9.17) is 9.47 Å². The number of ether oxygens (including phenoxy) is 2. The smallest absolute Gasteiger partial charge is 0.264 e. The molecule has 0 saturated heterocycles. The molecule has 0 radical (unpaired) electrons. The third kappa shape index (κ3) is 6.59. The number of methoxy groups -OCH3 is 2. The Balaban J connectivity index is 2.00. The topological polar surface area (TPSA) is 114 Å². The van der Waals surface area contributed by atoms with Crippen LogP contribution in [0.1, 0.15) is 29.3 Å². The van der Waals surface area contributed by atoms with Crippen molar-refractivity contribution in [2.75, 3.05) is 36.9 Å². The summed E-state index contributed by atoms with van der Waals surface area (Å²) in [6, 6.07) is 17.5. The zero-order chi connectivity index (χ0) is 27.0. The second-order valence-electron chi connectivity index (χ2n) is 8.21. The lowest BCUT2D eigenvalue weighted by molar-refractivity contribution is -0.114. The van der Waals surface area contributed by atoms with E-state index in [-0.39, 0.29) is 33.5 Å². The lowest BCUT2D eigenvalue weighted by Gasteiger charge is -2.26. The first-order valence-electron chi connectivity index (χ1n) is 11.7. The van der Waals surface area contributed by atoms with Crippen molar-refractivity contribution < 1.29 is 27.5 Å². The summed E-state index contributed by atoms with van der Waals surface area (Å²) in [7, 11) is -1.29. The first-order valence-corrected chi connectivity index (χ1v) is 13.1. The van der Waals surface area contributed by atoms with E-state index in [2.05, 4.69) is 10.6 Å². The number of carbonyl (C=O) groups excluding carboxylic acids is 2. The Kier molecular flexibility index (Phi) is 9.13. The van der Waals surface area contributed by atoms with Gasteiger partial charge in [0.1, 0.15) is 18.0 Å². The zero-order valence-corrected chi connectivity index (χ0v) is 22.1. The molecule has 196 valence electrons. The van der Waals surface area contributed by atoms with Crippen molar-refractivity contribution in [3.63, 3.8) is 0 Å². The van der Waals surface area contributed by atoms with Crippen molar-refractivity contribution in [2.45, 2.75) is 25.2 Å². The number of nitrogens with one attached hydrogen (secondary N) is 2. The highest BCUT2D eigenvalue weighted by Crippen LogP contribution is 2.35. The number of sulfonamides is 1. The number of hydrogen-bond acceptors (Lipinski definition) is 6. The molecule has 2 amide bonds. The fourth-order valence-corrected chi connectivity index (χ4v) is 5.00. The maximum absolute atomic E-state index is 13.7. The number of benzene rings is 3. The van der Waals surface area contributed by atoms with E-state index in [1.165, 1.54) is 38.5 Å². The van der Waals surface area contributed by atoms with E-state index in [1.54, 1.807) is 42.5 Å². The highest BCUT2D eigenvalue weighted by molar-refractivity contribution is 7.92. The summed E-state index contributed by atoms with van der Waals surface area (Å²) in [4.78, 5) is 25.8. The summed E-state index contributed by atoms with van der Waals surface area (Å²) in [5.41, 5.74) is 1.60. The van der Waals surface area contributed by atoms with Crippen LogP contribution in [0.2, 0.25) is 0 Å². The van der Waals surface area contributed by atoms with Crippen molar-refractivity contribution in [3.05, 3.63) is 77.9 Å². The van der Waals surface area contributed by atoms with Crippen molar-refractivity contribution >= 4 is 33.2 Å². The molecule has 0 saturated carbocycles. The van der Waals surface area contributed by atoms with Gasteiger partial charge in [0.25, 0.3) is 15.9 Å². The van der Waals surface area contributed by atoms with Gasteiger partial charge in [0, 0.05) is 12.6 Å². The minimum atomic E-state index is -4.18. The highest BCUT2D eigenvalue weighted by Gasteiger charge is 2.30. The Bertz CT molecular complexity index is 1360. The van der Waals surface area contributed by atoms with Crippen molar-refractivity contribution in [1.29, 1.82) is 0 Å².